The lowest BCUT2D eigenvalue weighted by Gasteiger charge is -2.29. The molecule has 1 aliphatic rings. The summed E-state index contributed by atoms with van der Waals surface area (Å²) in [7, 11) is 0. The summed E-state index contributed by atoms with van der Waals surface area (Å²) in [5.41, 5.74) is 3.48. The first-order chi connectivity index (χ1) is 18.2. The molecule has 0 radical (unpaired) electrons. The fraction of sp³-hybridized carbons (Fsp3) is 0.161. The van der Waals surface area contributed by atoms with Crippen molar-refractivity contribution in [1.29, 1.82) is 0 Å². The minimum Gasteiger partial charge on any atom is -0.491 e. The van der Waals surface area contributed by atoms with Gasteiger partial charge in [0.2, 0.25) is 5.79 Å². The lowest BCUT2D eigenvalue weighted by atomic mass is 10.0. The summed E-state index contributed by atoms with van der Waals surface area (Å²) < 4.78 is 21.0. The zero-order valence-corrected chi connectivity index (χ0v) is 20.2. The molecule has 0 spiro atoms. The number of benzene rings is 4. The molecule has 1 fully saturated rings. The molecule has 37 heavy (non-hydrogen) atoms. The van der Waals surface area contributed by atoms with Crippen molar-refractivity contribution in [2.75, 3.05) is 13.2 Å². The first-order valence-corrected chi connectivity index (χ1v) is 12.3. The Morgan fingerprint density at radius 1 is 0.973 bits per heavy atom. The molecule has 184 valence electrons. The molecule has 2 unspecified atom stereocenters. The monoisotopic (exact) mass is 490 g/mol. The fourth-order valence-electron chi connectivity index (χ4n) is 4.80. The topological polar surface area (TPSA) is 62.6 Å². The largest absolute Gasteiger partial charge is 0.491 e. The van der Waals surface area contributed by atoms with Crippen LogP contribution in [0.2, 0.25) is 0 Å². The first-order valence-electron chi connectivity index (χ1n) is 12.3. The Morgan fingerprint density at radius 2 is 1.78 bits per heavy atom. The fourth-order valence-corrected chi connectivity index (χ4v) is 4.80. The van der Waals surface area contributed by atoms with Crippen molar-refractivity contribution in [3.63, 3.8) is 0 Å². The van der Waals surface area contributed by atoms with Crippen LogP contribution in [0.4, 0.5) is 0 Å². The SMILES string of the molecule is O=Cc1ccccc1-c1ccc(OCC2COC(Cn3ccnc3)(c3ccc4ccccc4c3)O2)cc1. The quantitative estimate of drug-likeness (QED) is 0.255. The average Bonchev–Trinajstić information content (AvgIpc) is 3.63. The van der Waals surface area contributed by atoms with E-state index >= 15 is 0 Å². The van der Waals surface area contributed by atoms with E-state index in [0.29, 0.717) is 25.3 Å². The summed E-state index contributed by atoms with van der Waals surface area (Å²) >= 11 is 0. The van der Waals surface area contributed by atoms with E-state index in [4.69, 9.17) is 14.2 Å². The maximum atomic E-state index is 11.4. The molecule has 0 amide bonds. The zero-order chi connectivity index (χ0) is 25.1. The molecule has 1 saturated heterocycles. The lowest BCUT2D eigenvalue weighted by molar-refractivity contribution is -0.189. The van der Waals surface area contributed by atoms with Crippen LogP contribution >= 0.6 is 0 Å². The Balaban J connectivity index is 1.19. The van der Waals surface area contributed by atoms with E-state index in [9.17, 15) is 4.79 Å². The third-order valence-electron chi connectivity index (χ3n) is 6.69. The number of carbonyl (C=O) groups excluding carboxylic acids is 1. The highest BCUT2D eigenvalue weighted by atomic mass is 16.8. The molecule has 0 bridgehead atoms. The van der Waals surface area contributed by atoms with E-state index in [1.807, 2.05) is 71.4 Å². The van der Waals surface area contributed by atoms with Crippen molar-refractivity contribution in [2.24, 2.45) is 0 Å². The number of carbonyl (C=O) groups is 1. The van der Waals surface area contributed by atoms with Crippen molar-refractivity contribution < 1.29 is 19.0 Å². The minimum absolute atomic E-state index is 0.245. The van der Waals surface area contributed by atoms with Crippen molar-refractivity contribution in [2.45, 2.75) is 18.4 Å². The second-order valence-electron chi connectivity index (χ2n) is 9.14. The average molecular weight is 491 g/mol. The summed E-state index contributed by atoms with van der Waals surface area (Å²) in [6.07, 6.45) is 6.06. The predicted molar refractivity (Wildman–Crippen MR) is 141 cm³/mol. The van der Waals surface area contributed by atoms with Crippen LogP contribution in [-0.4, -0.2) is 35.2 Å². The molecular weight excluding hydrogens is 464 g/mol. The van der Waals surface area contributed by atoms with Gasteiger partial charge in [0.1, 0.15) is 18.5 Å². The van der Waals surface area contributed by atoms with E-state index < -0.39 is 5.79 Å². The van der Waals surface area contributed by atoms with E-state index in [-0.39, 0.29) is 6.10 Å². The smallest absolute Gasteiger partial charge is 0.214 e. The van der Waals surface area contributed by atoms with Crippen LogP contribution < -0.4 is 4.74 Å². The second kappa shape index (κ2) is 10.0. The van der Waals surface area contributed by atoms with Crippen LogP contribution in [-0.2, 0) is 21.8 Å². The number of ether oxygens (including phenoxy) is 3. The van der Waals surface area contributed by atoms with Gasteiger partial charge in [-0.2, -0.15) is 0 Å². The second-order valence-corrected chi connectivity index (χ2v) is 9.14. The van der Waals surface area contributed by atoms with Gasteiger partial charge >= 0.3 is 0 Å². The summed E-state index contributed by atoms with van der Waals surface area (Å²) in [6.45, 7) is 1.24. The Hall–Kier alpha value is -4.26. The van der Waals surface area contributed by atoms with Crippen LogP contribution in [0, 0.1) is 0 Å². The maximum Gasteiger partial charge on any atom is 0.214 e. The summed E-state index contributed by atoms with van der Waals surface area (Å²) in [5.74, 6) is -0.213. The van der Waals surface area contributed by atoms with Gasteiger partial charge in [0.25, 0.3) is 0 Å². The van der Waals surface area contributed by atoms with Crippen molar-refractivity contribution in [3.8, 4) is 16.9 Å². The molecule has 5 aromatic rings. The molecular formula is C31H26N2O4. The molecule has 1 aromatic heterocycles. The highest BCUT2D eigenvalue weighted by Gasteiger charge is 2.44. The maximum absolute atomic E-state index is 11.4. The van der Waals surface area contributed by atoms with Gasteiger partial charge in [-0.25, -0.2) is 4.98 Å². The van der Waals surface area contributed by atoms with Gasteiger partial charge in [-0.3, -0.25) is 4.79 Å². The van der Waals surface area contributed by atoms with Gasteiger partial charge in [0, 0.05) is 23.5 Å². The molecule has 6 rings (SSSR count). The van der Waals surface area contributed by atoms with Crippen LogP contribution in [0.1, 0.15) is 15.9 Å². The van der Waals surface area contributed by atoms with Gasteiger partial charge in [0.05, 0.1) is 19.5 Å². The Kier molecular flexibility index (Phi) is 6.26. The van der Waals surface area contributed by atoms with Crippen LogP contribution in [0.5, 0.6) is 5.75 Å². The molecule has 0 N–H and O–H groups in total. The lowest BCUT2D eigenvalue weighted by Crippen LogP contribution is -2.34. The number of nitrogens with zero attached hydrogens (tertiary/aromatic N) is 2. The number of hydrogen-bond donors (Lipinski definition) is 0. The predicted octanol–water partition coefficient (Wildman–Crippen LogP) is 5.86. The van der Waals surface area contributed by atoms with E-state index in [1.54, 1.807) is 12.5 Å². The van der Waals surface area contributed by atoms with E-state index in [1.165, 1.54) is 5.39 Å². The number of aldehydes is 1. The summed E-state index contributed by atoms with van der Waals surface area (Å²) in [4.78, 5) is 15.6. The highest BCUT2D eigenvalue weighted by molar-refractivity contribution is 5.87. The molecule has 2 heterocycles. The number of aromatic nitrogens is 2. The third kappa shape index (κ3) is 4.77. The van der Waals surface area contributed by atoms with Crippen LogP contribution in [0.25, 0.3) is 21.9 Å². The highest BCUT2D eigenvalue weighted by Crippen LogP contribution is 2.37. The standard InChI is InChI=1S/C31H26N2O4/c34-18-26-7-3-4-8-30(26)24-10-13-28(14-11-24)35-19-29-20-36-31(37-29,21-33-16-15-32-22-33)27-12-9-23-5-1-2-6-25(23)17-27/h1-18,22,29H,19-21H2. The van der Waals surface area contributed by atoms with Gasteiger partial charge in [0.15, 0.2) is 6.29 Å². The number of hydrogen-bond acceptors (Lipinski definition) is 5. The normalized spacial score (nSPS) is 19.2. The molecule has 0 aliphatic carbocycles. The molecule has 6 nitrogen and oxygen atoms in total. The molecule has 0 saturated carbocycles. The number of fused-ring (bicyclic) bond motifs is 1. The van der Waals surface area contributed by atoms with Gasteiger partial charge in [-0.05, 0) is 40.1 Å². The van der Waals surface area contributed by atoms with E-state index in [0.717, 1.165) is 34.1 Å². The van der Waals surface area contributed by atoms with Gasteiger partial charge < -0.3 is 18.8 Å². The first kappa shape index (κ1) is 23.2. The van der Waals surface area contributed by atoms with Crippen LogP contribution in [0.3, 0.4) is 0 Å². The number of rotatable bonds is 8. The van der Waals surface area contributed by atoms with Crippen LogP contribution in [0.15, 0.2) is 110 Å². The zero-order valence-electron chi connectivity index (χ0n) is 20.2. The summed E-state index contributed by atoms with van der Waals surface area (Å²) in [5, 5.41) is 2.30. The number of imidazole rings is 1. The minimum atomic E-state index is -0.943. The van der Waals surface area contributed by atoms with Crippen molar-refractivity contribution in [3.05, 3.63) is 121 Å². The molecule has 6 heteroatoms. The molecule has 2 atom stereocenters. The molecule has 4 aromatic carbocycles. The van der Waals surface area contributed by atoms with Gasteiger partial charge in [-0.15, -0.1) is 0 Å². The van der Waals surface area contributed by atoms with Crippen molar-refractivity contribution >= 4 is 17.1 Å². The third-order valence-corrected chi connectivity index (χ3v) is 6.69. The Labute approximate surface area is 215 Å². The summed E-state index contributed by atoms with van der Waals surface area (Å²) in [6, 6.07) is 29.8. The van der Waals surface area contributed by atoms with Gasteiger partial charge in [-0.1, -0.05) is 72.8 Å². The Morgan fingerprint density at radius 3 is 2.59 bits per heavy atom. The van der Waals surface area contributed by atoms with Crippen molar-refractivity contribution in [1.82, 2.24) is 9.55 Å². The molecule has 1 aliphatic heterocycles. The van der Waals surface area contributed by atoms with E-state index in [2.05, 4.69) is 35.3 Å². The Bertz CT molecular complexity index is 1510.